The van der Waals surface area contributed by atoms with Gasteiger partial charge in [-0.1, -0.05) is 67.5 Å². The molecule has 7 rings (SSSR count). The lowest BCUT2D eigenvalue weighted by Gasteiger charge is -2.38. The number of aromatic carboxylic acids is 1. The summed E-state index contributed by atoms with van der Waals surface area (Å²) in [4.78, 5) is 46.9. The van der Waals surface area contributed by atoms with Crippen molar-refractivity contribution in [1.82, 2.24) is 19.9 Å². The van der Waals surface area contributed by atoms with E-state index in [-0.39, 0.29) is 57.3 Å². The van der Waals surface area contributed by atoms with E-state index in [1.165, 1.54) is 18.2 Å². The van der Waals surface area contributed by atoms with Crippen LogP contribution in [0.1, 0.15) is 176 Å². The van der Waals surface area contributed by atoms with Crippen molar-refractivity contribution in [2.75, 3.05) is 26.1 Å². The molecule has 0 spiro atoms. The van der Waals surface area contributed by atoms with E-state index in [1.54, 1.807) is 110 Å². The minimum Gasteiger partial charge on any atom is -0.502 e. The van der Waals surface area contributed by atoms with E-state index in [2.05, 4.69) is 20.1 Å². The van der Waals surface area contributed by atoms with Gasteiger partial charge in [0.1, 0.15) is 28.8 Å². The van der Waals surface area contributed by atoms with Gasteiger partial charge in [0, 0.05) is 33.8 Å². The van der Waals surface area contributed by atoms with E-state index in [4.69, 9.17) is 68.4 Å². The van der Waals surface area contributed by atoms with Crippen LogP contribution in [0, 0.1) is 17.9 Å². The van der Waals surface area contributed by atoms with Crippen molar-refractivity contribution in [3.63, 3.8) is 0 Å². The van der Waals surface area contributed by atoms with Crippen molar-refractivity contribution in [2.45, 2.75) is 169 Å². The summed E-state index contributed by atoms with van der Waals surface area (Å²) in [6, 6.07) is 18.3. The van der Waals surface area contributed by atoms with Crippen LogP contribution in [0.25, 0.3) is 27.7 Å². The summed E-state index contributed by atoms with van der Waals surface area (Å²) in [5.41, 5.74) is 7.90. The smallest absolute Gasteiger partial charge is 0.410 e. The molecule has 2 amide bonds. The summed E-state index contributed by atoms with van der Waals surface area (Å²) in [6.45, 7) is 16.0. The number of carbonyl (C=O) groups excluding carboxylic acids is 2. The lowest BCUT2D eigenvalue weighted by molar-refractivity contribution is 0.0114. The molecule has 446 valence electrons. The average Bonchev–Trinajstić information content (AvgIpc) is 1.37. The Morgan fingerprint density at radius 3 is 2.01 bits per heavy atom. The normalized spacial score (nSPS) is 18.9. The van der Waals surface area contributed by atoms with Gasteiger partial charge in [0.25, 0.3) is 5.89 Å². The van der Waals surface area contributed by atoms with Crippen LogP contribution in [0.4, 0.5) is 15.3 Å². The number of hydrogen-bond acceptors (Lipinski definition) is 15. The molecule has 83 heavy (non-hydrogen) atoms. The minimum absolute atomic E-state index is 0.0917. The molecule has 0 aliphatic heterocycles. The Balaban J connectivity index is 0.000000278. The third-order valence-electron chi connectivity index (χ3n) is 13.0. The van der Waals surface area contributed by atoms with Crippen LogP contribution in [0.2, 0.25) is 18.1 Å². The second-order valence-electron chi connectivity index (χ2n) is 22.9. The molecule has 0 saturated heterocycles. The highest BCUT2D eigenvalue weighted by Crippen LogP contribution is 2.43. The van der Waals surface area contributed by atoms with Gasteiger partial charge in [-0.3, -0.25) is 9.80 Å². The fourth-order valence-electron chi connectivity index (χ4n) is 8.33. The number of nitrogens with zero attached hydrogens (tertiary/aromatic N) is 7. The number of carboxylic acids is 1. The summed E-state index contributed by atoms with van der Waals surface area (Å²) >= 11 is 0. The molecule has 2 aliphatic rings. The maximum atomic E-state index is 13.5. The topological polar surface area (TPSA) is 270 Å². The number of benzene rings is 4. The number of aliphatic hydroxyl groups is 1. The van der Waals surface area contributed by atoms with Crippen molar-refractivity contribution in [2.24, 2.45) is 10.9 Å². The third kappa shape index (κ3) is 17.5. The van der Waals surface area contributed by atoms with E-state index >= 15 is 0 Å². The average molecular weight is 1170 g/mol. The highest BCUT2D eigenvalue weighted by Gasteiger charge is 2.40. The molecule has 5 aromatic rings. The van der Waals surface area contributed by atoms with Gasteiger partial charge in [-0.2, -0.15) is 10.2 Å². The number of rotatable bonds is 16. The van der Waals surface area contributed by atoms with Gasteiger partial charge in [-0.15, -0.1) is 0 Å². The second-order valence-corrected chi connectivity index (χ2v) is 27.6. The van der Waals surface area contributed by atoms with Gasteiger partial charge in [0.2, 0.25) is 11.5 Å². The lowest BCUT2D eigenvalue weighted by Crippen LogP contribution is -2.45. The number of amides is 2. The van der Waals surface area contributed by atoms with E-state index in [1.807, 2.05) is 33.9 Å². The minimum atomic E-state index is -3.38. The first-order valence-electron chi connectivity index (χ1n) is 32.8. The zero-order chi connectivity index (χ0) is 73.3. The maximum absolute atomic E-state index is 13.5. The number of carbonyl (C=O) groups is 3. The molecule has 0 fully saturated rings. The third-order valence-corrected chi connectivity index (χ3v) is 17.3. The van der Waals surface area contributed by atoms with Gasteiger partial charge >= 0.3 is 18.2 Å². The fourth-order valence-corrected chi connectivity index (χ4v) is 8.94. The number of carboxylic acid groups (broad SMARTS) is 1. The van der Waals surface area contributed by atoms with Gasteiger partial charge in [0.15, 0.2) is 14.2 Å². The largest absolute Gasteiger partial charge is 0.502 e. The molecule has 1 unspecified atom stereocenters. The number of oxime groups is 1. The Hall–Kier alpha value is -7.98. The number of aromatic nitrogens is 2. The highest BCUT2D eigenvalue weighted by molar-refractivity contribution is 6.74. The van der Waals surface area contributed by atoms with Crippen molar-refractivity contribution in [1.29, 1.82) is 5.26 Å². The first-order chi connectivity index (χ1) is 43.6. The molecule has 5 N–H and O–H groups in total. The van der Waals surface area contributed by atoms with Crippen molar-refractivity contribution in [3.05, 3.63) is 123 Å². The SMILES string of the molecule is [2H]C(C)(C)Oc1ccc(-c2nc(-c3cccc4c3CC[C@@H]4N(C(=O)OC(C)(C)C)C([2H])([2H])C([2H])([2H])O)no2)cc1[N+]#[C-].[2H]C([2H])(O[Si](C)(C)C(C)(C)C)C([2H])([2H])N(C(=O)OC(C)(C)C)[C@H]1CCc2c(/C(N)=N\O)cccc21.[2H]C([2H])([2H])C([2H])(C)Oc1ccc(C(=O)O)cc1C#N. The van der Waals surface area contributed by atoms with Crippen LogP contribution >= 0.6 is 0 Å². The Morgan fingerprint density at radius 2 is 1.47 bits per heavy atom. The lowest BCUT2D eigenvalue weighted by atomic mass is 10.0. The molecule has 1 aromatic heterocycles. The van der Waals surface area contributed by atoms with E-state index in [9.17, 15) is 24.7 Å². The monoisotopic (exact) mass is 1170 g/mol. The summed E-state index contributed by atoms with van der Waals surface area (Å²) in [5, 5.41) is 43.7. The Bertz CT molecular complexity index is 3800. The summed E-state index contributed by atoms with van der Waals surface area (Å²) in [7, 11) is -2.77. The standard InChI is InChI=1S/C28H32N4O5.C23H39N3O4Si.C11H11NO3/c1-17(2)35-24-13-10-18(16-22(24)29-6)26-30-25(31-37-26)21-9-7-8-20-19(21)11-12-23(20)32(14-15-33)27(34)36-28(3,4)5;1-22(2,3)30-21(27)26(14-15-29-31(7,8)23(4,5)6)19-13-12-16-17(19)10-9-11-18(16)20(24)25-28;1-7(2)15-10-4-3-8(11(13)14)5-9(10)6-12/h7-10,13,16-17,23,33H,11-12,14-15H2,1-5H3;9-11,19,28H,12-15H2,1-8H3,(H2,24,25);3-5,7H,1-2H3,(H,13,14)/t23-;19-;/m00./s1/i14D2,15D2,17D;14D2,15D2;1D3,7D. The van der Waals surface area contributed by atoms with Crippen LogP contribution in [-0.2, 0) is 26.7 Å². The van der Waals surface area contributed by atoms with Crippen LogP contribution in [0.15, 0.2) is 82.5 Å². The van der Waals surface area contributed by atoms with Crippen molar-refractivity contribution < 1.29 is 75.5 Å². The molecular weight excluding hydrogens is 1080 g/mol. The fraction of sp³-hybridized carbons (Fsp3) is 0.484. The number of nitrogens with two attached hydrogens (primary N) is 1. The first kappa shape index (κ1) is 48.5. The Morgan fingerprint density at radius 1 is 0.892 bits per heavy atom. The molecule has 0 radical (unpaired) electrons. The van der Waals surface area contributed by atoms with Gasteiger partial charge in [-0.05, 0) is 172 Å². The zero-order valence-electron chi connectivity index (χ0n) is 62.1. The molecule has 3 atom stereocenters. The Kier molecular flexibility index (Phi) is 16.3. The predicted molar refractivity (Wildman–Crippen MR) is 318 cm³/mol. The molecule has 0 bridgehead atoms. The zero-order valence-corrected chi connectivity index (χ0v) is 50.1. The molecule has 1 heterocycles. The molecule has 4 aromatic carbocycles. The number of amidine groups is 1. The van der Waals surface area contributed by atoms with E-state index < -0.39 is 94.9 Å². The summed E-state index contributed by atoms with van der Waals surface area (Å²) in [6.07, 6.45) is -4.22. The molecular formula is C62H82N8O12Si. The van der Waals surface area contributed by atoms with Gasteiger partial charge < -0.3 is 49.1 Å². The van der Waals surface area contributed by atoms with Crippen LogP contribution in [-0.4, -0.2) is 117 Å². The molecule has 0 saturated carbocycles. The molecule has 21 heteroatoms. The number of fused-ring (bicyclic) bond motifs is 2. The van der Waals surface area contributed by atoms with Crippen LogP contribution < -0.4 is 15.2 Å². The number of hydrogen-bond donors (Lipinski definition) is 4. The van der Waals surface area contributed by atoms with E-state index in [0.29, 0.717) is 63.1 Å². The van der Waals surface area contributed by atoms with Crippen LogP contribution in [0.5, 0.6) is 11.5 Å². The molecule has 2 aliphatic carbocycles. The molecule has 20 nitrogen and oxygen atoms in total. The van der Waals surface area contributed by atoms with Gasteiger partial charge in [-0.25, -0.2) is 19.2 Å². The summed E-state index contributed by atoms with van der Waals surface area (Å²) < 4.78 is 137. The second kappa shape index (κ2) is 27.9. The first-order valence-corrected chi connectivity index (χ1v) is 29.2. The van der Waals surface area contributed by atoms with Crippen LogP contribution in [0.3, 0.4) is 0 Å². The highest BCUT2D eigenvalue weighted by atomic mass is 28.4. The number of ether oxygens (including phenoxy) is 4. The predicted octanol–water partition coefficient (Wildman–Crippen LogP) is 13.0. The Labute approximate surface area is 507 Å². The number of nitriles is 1. The quantitative estimate of drug-likeness (QED) is 0.0179. The van der Waals surface area contributed by atoms with E-state index in [0.717, 1.165) is 17.9 Å². The van der Waals surface area contributed by atoms with Crippen molar-refractivity contribution >= 4 is 38.0 Å². The van der Waals surface area contributed by atoms with Gasteiger partial charge in [0.05, 0.1) is 68.8 Å². The maximum Gasteiger partial charge on any atom is 0.410 e. The summed E-state index contributed by atoms with van der Waals surface area (Å²) in [5.74, 6) is -0.829. The van der Waals surface area contributed by atoms with Crippen molar-refractivity contribution in [3.8, 4) is 40.4 Å².